The van der Waals surface area contributed by atoms with Gasteiger partial charge in [0, 0.05) is 0 Å². The van der Waals surface area contributed by atoms with Crippen LogP contribution in [0, 0.1) is 0 Å². The van der Waals surface area contributed by atoms with Crippen LogP contribution in [0.5, 0.6) is 0 Å². The van der Waals surface area contributed by atoms with E-state index in [0.717, 1.165) is 0 Å². The molecule has 2 aliphatic rings. The van der Waals surface area contributed by atoms with Gasteiger partial charge in [-0.2, -0.15) is 0 Å². The van der Waals surface area contributed by atoms with Gasteiger partial charge in [0.1, 0.15) is 0 Å². The van der Waals surface area contributed by atoms with Gasteiger partial charge in [-0.1, -0.05) is 18.2 Å². The van der Waals surface area contributed by atoms with Gasteiger partial charge in [0.15, 0.2) is 5.60 Å². The summed E-state index contributed by atoms with van der Waals surface area (Å²) in [6.45, 7) is 0. The summed E-state index contributed by atoms with van der Waals surface area (Å²) in [4.78, 5) is 0. The minimum absolute atomic E-state index is 0.255. The van der Waals surface area contributed by atoms with Crippen molar-refractivity contribution < 1.29 is 4.74 Å². The Balaban J connectivity index is 2.32. The second-order valence-electron chi connectivity index (χ2n) is 2.38. The van der Waals surface area contributed by atoms with Crippen molar-refractivity contribution in [1.29, 1.82) is 0 Å². The first-order valence-corrected chi connectivity index (χ1v) is 3.31. The molecule has 1 spiro atoms. The fourth-order valence-corrected chi connectivity index (χ4v) is 1.10. The number of rotatable bonds is 0. The first kappa shape index (κ1) is 5.54. The van der Waals surface area contributed by atoms with E-state index in [1.54, 1.807) is 6.26 Å². The lowest BCUT2D eigenvalue weighted by atomic mass is 10.1. The van der Waals surface area contributed by atoms with Crippen LogP contribution in [0.4, 0.5) is 0 Å². The minimum Gasteiger partial charge on any atom is -0.483 e. The largest absolute Gasteiger partial charge is 0.483 e. The highest BCUT2D eigenvalue weighted by molar-refractivity contribution is 5.36. The molecule has 0 amide bonds. The molecule has 50 valence electrons. The fourth-order valence-electron chi connectivity index (χ4n) is 1.10. The molecule has 10 heavy (non-hydrogen) atoms. The number of ether oxygens (including phenoxy) is 1. The van der Waals surface area contributed by atoms with Crippen LogP contribution in [0.2, 0.25) is 0 Å². The summed E-state index contributed by atoms with van der Waals surface area (Å²) in [7, 11) is 0. The molecule has 0 atom stereocenters. The Labute approximate surface area is 60.0 Å². The lowest BCUT2D eigenvalue weighted by molar-refractivity contribution is 0.158. The summed E-state index contributed by atoms with van der Waals surface area (Å²) >= 11 is 0. The van der Waals surface area contributed by atoms with Crippen molar-refractivity contribution in [2.45, 2.75) is 5.60 Å². The zero-order valence-corrected chi connectivity index (χ0v) is 5.53. The maximum atomic E-state index is 5.39. The lowest BCUT2D eigenvalue weighted by Crippen LogP contribution is -2.21. The van der Waals surface area contributed by atoms with Crippen LogP contribution in [0.3, 0.4) is 0 Å². The van der Waals surface area contributed by atoms with E-state index >= 15 is 0 Å². The van der Waals surface area contributed by atoms with E-state index in [4.69, 9.17) is 4.74 Å². The van der Waals surface area contributed by atoms with Crippen LogP contribution < -0.4 is 0 Å². The third-order valence-electron chi connectivity index (χ3n) is 1.64. The predicted octanol–water partition coefficient (Wildman–Crippen LogP) is 1.95. The maximum Gasteiger partial charge on any atom is 0.164 e. The molecule has 0 saturated carbocycles. The van der Waals surface area contributed by atoms with Crippen LogP contribution >= 0.6 is 0 Å². The second-order valence-corrected chi connectivity index (χ2v) is 2.38. The van der Waals surface area contributed by atoms with E-state index in [1.807, 2.05) is 42.5 Å². The van der Waals surface area contributed by atoms with Crippen molar-refractivity contribution in [1.82, 2.24) is 0 Å². The minimum atomic E-state index is -0.255. The molecule has 0 unspecified atom stereocenters. The van der Waals surface area contributed by atoms with Crippen LogP contribution in [0.15, 0.2) is 48.8 Å². The van der Waals surface area contributed by atoms with Crippen molar-refractivity contribution >= 4 is 0 Å². The van der Waals surface area contributed by atoms with E-state index in [2.05, 4.69) is 0 Å². The molecule has 0 fully saturated rings. The molecule has 0 aromatic heterocycles. The smallest absolute Gasteiger partial charge is 0.164 e. The van der Waals surface area contributed by atoms with E-state index in [-0.39, 0.29) is 5.60 Å². The van der Waals surface area contributed by atoms with E-state index in [0.29, 0.717) is 0 Å². The average Bonchev–Trinajstić information content (AvgIpc) is 2.39. The standard InChI is InChI=1S/C9H8O/c1-2-6-9(5-1)7-3-4-8-10-9/h1-8H. The van der Waals surface area contributed by atoms with Gasteiger partial charge in [-0.3, -0.25) is 0 Å². The van der Waals surface area contributed by atoms with E-state index < -0.39 is 0 Å². The average molecular weight is 132 g/mol. The van der Waals surface area contributed by atoms with Crippen LogP contribution in [0.25, 0.3) is 0 Å². The van der Waals surface area contributed by atoms with Crippen LogP contribution in [0.1, 0.15) is 0 Å². The zero-order valence-electron chi connectivity index (χ0n) is 5.53. The molecule has 1 aliphatic heterocycles. The van der Waals surface area contributed by atoms with Gasteiger partial charge in [0.25, 0.3) is 0 Å². The number of hydrogen-bond acceptors (Lipinski definition) is 1. The van der Waals surface area contributed by atoms with Crippen molar-refractivity contribution in [2.24, 2.45) is 0 Å². The second kappa shape index (κ2) is 1.87. The normalized spacial score (nSPS) is 24.0. The topological polar surface area (TPSA) is 9.23 Å². The van der Waals surface area contributed by atoms with Gasteiger partial charge in [-0.25, -0.2) is 0 Å². The highest BCUT2D eigenvalue weighted by Gasteiger charge is 2.23. The van der Waals surface area contributed by atoms with Crippen LogP contribution in [-0.2, 0) is 4.74 Å². The molecule has 1 heterocycles. The van der Waals surface area contributed by atoms with Crippen molar-refractivity contribution in [3.8, 4) is 0 Å². The summed E-state index contributed by atoms with van der Waals surface area (Å²) in [5.74, 6) is 0. The third kappa shape index (κ3) is 0.711. The first-order chi connectivity index (χ1) is 4.91. The molecule has 1 nitrogen and oxygen atoms in total. The molecule has 0 bridgehead atoms. The Hall–Kier alpha value is -1.24. The van der Waals surface area contributed by atoms with Gasteiger partial charge in [0.2, 0.25) is 0 Å². The summed E-state index contributed by atoms with van der Waals surface area (Å²) in [6, 6.07) is 0. The molecular weight excluding hydrogens is 124 g/mol. The molecule has 2 rings (SSSR count). The Bertz CT molecular complexity index is 231. The first-order valence-electron chi connectivity index (χ1n) is 3.31. The monoisotopic (exact) mass is 132 g/mol. The highest BCUT2D eigenvalue weighted by atomic mass is 16.5. The SMILES string of the molecule is C1=COC2(C=C1)C=CC=C2. The highest BCUT2D eigenvalue weighted by Crippen LogP contribution is 2.24. The van der Waals surface area contributed by atoms with Gasteiger partial charge >= 0.3 is 0 Å². The van der Waals surface area contributed by atoms with Crippen molar-refractivity contribution in [3.63, 3.8) is 0 Å². The molecule has 0 aromatic rings. The lowest BCUT2D eigenvalue weighted by Gasteiger charge is -2.22. The van der Waals surface area contributed by atoms with Crippen molar-refractivity contribution in [2.75, 3.05) is 0 Å². The van der Waals surface area contributed by atoms with Gasteiger partial charge in [-0.05, 0) is 24.3 Å². The Morgan fingerprint density at radius 1 is 0.800 bits per heavy atom. The van der Waals surface area contributed by atoms with Gasteiger partial charge < -0.3 is 4.74 Å². The maximum absolute atomic E-state index is 5.39. The molecule has 0 aromatic carbocycles. The molecule has 1 aliphatic carbocycles. The molecule has 0 N–H and O–H groups in total. The fraction of sp³-hybridized carbons (Fsp3) is 0.111. The summed E-state index contributed by atoms with van der Waals surface area (Å²) in [6.07, 6.45) is 15.6. The summed E-state index contributed by atoms with van der Waals surface area (Å²) < 4.78 is 5.39. The predicted molar refractivity (Wildman–Crippen MR) is 40.4 cm³/mol. The zero-order chi connectivity index (χ0) is 6.86. The molecular formula is C9H8O. The third-order valence-corrected chi connectivity index (χ3v) is 1.64. The van der Waals surface area contributed by atoms with Crippen LogP contribution in [-0.4, -0.2) is 5.60 Å². The summed E-state index contributed by atoms with van der Waals surface area (Å²) in [5.41, 5.74) is -0.255. The molecule has 0 radical (unpaired) electrons. The Kier molecular flexibility index (Phi) is 1.04. The quantitative estimate of drug-likeness (QED) is 0.489. The summed E-state index contributed by atoms with van der Waals surface area (Å²) in [5, 5.41) is 0. The Morgan fingerprint density at radius 2 is 1.40 bits per heavy atom. The Morgan fingerprint density at radius 3 is 2.00 bits per heavy atom. The number of allylic oxidation sites excluding steroid dienone is 4. The number of hydrogen-bond donors (Lipinski definition) is 0. The molecule has 1 heteroatoms. The van der Waals surface area contributed by atoms with E-state index in [9.17, 15) is 0 Å². The molecule has 0 saturated heterocycles. The van der Waals surface area contributed by atoms with Gasteiger partial charge in [0.05, 0.1) is 6.26 Å². The van der Waals surface area contributed by atoms with Crippen molar-refractivity contribution in [3.05, 3.63) is 48.8 Å². The van der Waals surface area contributed by atoms with E-state index in [1.165, 1.54) is 0 Å². The van der Waals surface area contributed by atoms with Gasteiger partial charge in [-0.15, -0.1) is 0 Å².